The normalized spacial score (nSPS) is 11.8. The van der Waals surface area contributed by atoms with E-state index in [1.807, 2.05) is 91.0 Å². The monoisotopic (exact) mass is 455 g/mol. The van der Waals surface area contributed by atoms with Crippen LogP contribution in [0, 0.1) is 5.92 Å². The molecule has 0 aliphatic rings. The number of rotatable bonds is 10. The molecule has 0 fully saturated rings. The first kappa shape index (κ1) is 23.8. The van der Waals surface area contributed by atoms with Crippen molar-refractivity contribution < 1.29 is 14.3 Å². The molecule has 0 atom stereocenters. The quantitative estimate of drug-likeness (QED) is 0.308. The highest BCUT2D eigenvalue weighted by Crippen LogP contribution is 2.37. The van der Waals surface area contributed by atoms with Crippen molar-refractivity contribution in [3.63, 3.8) is 0 Å². The molecule has 4 nitrogen and oxygen atoms in total. The van der Waals surface area contributed by atoms with Crippen LogP contribution < -0.4 is 4.74 Å². The summed E-state index contributed by atoms with van der Waals surface area (Å²) in [7, 11) is 1.71. The summed E-state index contributed by atoms with van der Waals surface area (Å²) in [6.45, 7) is 6.73. The lowest BCUT2D eigenvalue weighted by atomic mass is 9.84. The van der Waals surface area contributed by atoms with E-state index in [9.17, 15) is 5.11 Å². The topological polar surface area (TPSA) is 45.8 Å². The van der Waals surface area contributed by atoms with Crippen molar-refractivity contribution in [2.75, 3.05) is 13.7 Å². The Labute approximate surface area is 202 Å². The summed E-state index contributed by atoms with van der Waals surface area (Å²) in [6.07, 6.45) is 0. The summed E-state index contributed by atoms with van der Waals surface area (Å²) in [5, 5.41) is 12.0. The van der Waals surface area contributed by atoms with Crippen molar-refractivity contribution >= 4 is 0 Å². The molecule has 4 heteroatoms. The lowest BCUT2D eigenvalue weighted by Crippen LogP contribution is -2.28. The van der Waals surface area contributed by atoms with Gasteiger partial charge in [0.15, 0.2) is 5.60 Å². The average Bonchev–Trinajstić information content (AvgIpc) is 3.33. The van der Waals surface area contributed by atoms with Gasteiger partial charge in [-0.2, -0.15) is 0 Å². The Bertz CT molecular complexity index is 1130. The molecule has 0 aliphatic carbocycles. The van der Waals surface area contributed by atoms with Gasteiger partial charge in [0.05, 0.1) is 13.7 Å². The number of furan rings is 1. The number of benzene rings is 3. The molecular weight excluding hydrogens is 422 g/mol. The van der Waals surface area contributed by atoms with E-state index in [0.29, 0.717) is 18.2 Å². The van der Waals surface area contributed by atoms with Gasteiger partial charge in [-0.1, -0.05) is 92.7 Å². The fraction of sp³-hybridized carbons (Fsp3) is 0.267. The van der Waals surface area contributed by atoms with Crippen molar-refractivity contribution in [2.45, 2.75) is 32.5 Å². The Kier molecular flexibility index (Phi) is 7.51. The van der Waals surface area contributed by atoms with E-state index < -0.39 is 5.60 Å². The van der Waals surface area contributed by atoms with Crippen molar-refractivity contribution in [3.05, 3.63) is 125 Å². The first-order valence-corrected chi connectivity index (χ1v) is 11.8. The Morgan fingerprint density at radius 2 is 1.38 bits per heavy atom. The van der Waals surface area contributed by atoms with Crippen LogP contribution in [0.15, 0.2) is 101 Å². The van der Waals surface area contributed by atoms with Crippen LogP contribution in [0.4, 0.5) is 0 Å². The standard InChI is InChI=1S/C30H33NO3/c1-23(2)20-31(21-24-12-10-11-17-28(24)33-3)22-27-18-19-29(34-27)30(32,25-13-6-4-7-14-25)26-15-8-5-9-16-26/h4-19,23,32H,20-22H2,1-3H3. The summed E-state index contributed by atoms with van der Waals surface area (Å²) in [5.74, 6) is 2.71. The average molecular weight is 456 g/mol. The van der Waals surface area contributed by atoms with Gasteiger partial charge in [0, 0.05) is 18.7 Å². The van der Waals surface area contributed by atoms with Gasteiger partial charge in [0.2, 0.25) is 0 Å². The molecule has 0 unspecified atom stereocenters. The fourth-order valence-electron chi connectivity index (χ4n) is 4.46. The first-order valence-electron chi connectivity index (χ1n) is 11.8. The number of nitrogens with zero attached hydrogens (tertiary/aromatic N) is 1. The fourth-order valence-corrected chi connectivity index (χ4v) is 4.46. The Hall–Kier alpha value is -3.34. The maximum absolute atomic E-state index is 12.0. The molecule has 0 spiro atoms. The maximum atomic E-state index is 12.0. The van der Waals surface area contributed by atoms with E-state index in [1.54, 1.807) is 7.11 Å². The first-order chi connectivity index (χ1) is 16.5. The molecule has 4 rings (SSSR count). The highest BCUT2D eigenvalue weighted by atomic mass is 16.5. The zero-order chi connectivity index (χ0) is 24.0. The minimum atomic E-state index is -1.37. The molecule has 0 bridgehead atoms. The molecule has 3 aromatic carbocycles. The molecule has 4 aromatic rings. The summed E-state index contributed by atoms with van der Waals surface area (Å²) < 4.78 is 11.9. The number of ether oxygens (including phenoxy) is 1. The molecule has 1 N–H and O–H groups in total. The van der Waals surface area contributed by atoms with E-state index in [0.717, 1.165) is 41.3 Å². The third-order valence-electron chi connectivity index (χ3n) is 5.99. The van der Waals surface area contributed by atoms with Gasteiger partial charge in [-0.25, -0.2) is 0 Å². The van der Waals surface area contributed by atoms with E-state index in [-0.39, 0.29) is 0 Å². The SMILES string of the molecule is COc1ccccc1CN(Cc1ccc(C(O)(c2ccccc2)c2ccccc2)o1)CC(C)C. The molecule has 0 amide bonds. The molecule has 176 valence electrons. The van der Waals surface area contributed by atoms with Gasteiger partial charge in [-0.15, -0.1) is 0 Å². The predicted molar refractivity (Wildman–Crippen MR) is 136 cm³/mol. The molecule has 0 aliphatic heterocycles. The van der Waals surface area contributed by atoms with Crippen LogP contribution in [0.25, 0.3) is 0 Å². The third kappa shape index (κ3) is 5.24. The van der Waals surface area contributed by atoms with Crippen molar-refractivity contribution in [3.8, 4) is 5.75 Å². The third-order valence-corrected chi connectivity index (χ3v) is 5.99. The van der Waals surface area contributed by atoms with Crippen LogP contribution in [0.5, 0.6) is 5.75 Å². The van der Waals surface area contributed by atoms with E-state index in [2.05, 4.69) is 24.8 Å². The highest BCUT2D eigenvalue weighted by Gasteiger charge is 2.37. The molecule has 0 radical (unpaired) electrons. The van der Waals surface area contributed by atoms with E-state index >= 15 is 0 Å². The molecule has 0 saturated carbocycles. The lowest BCUT2D eigenvalue weighted by Gasteiger charge is -2.28. The van der Waals surface area contributed by atoms with Crippen LogP contribution >= 0.6 is 0 Å². The predicted octanol–water partition coefficient (Wildman–Crippen LogP) is 6.23. The van der Waals surface area contributed by atoms with Crippen LogP contribution in [0.1, 0.15) is 42.1 Å². The zero-order valence-corrected chi connectivity index (χ0v) is 20.1. The van der Waals surface area contributed by atoms with Crippen LogP contribution in [-0.4, -0.2) is 23.7 Å². The second-order valence-electron chi connectivity index (χ2n) is 9.08. The second-order valence-corrected chi connectivity index (χ2v) is 9.08. The molecular formula is C30H33NO3. The van der Waals surface area contributed by atoms with E-state index in [4.69, 9.17) is 9.15 Å². The number of hydrogen-bond acceptors (Lipinski definition) is 4. The van der Waals surface area contributed by atoms with Crippen molar-refractivity contribution in [2.24, 2.45) is 5.92 Å². The smallest absolute Gasteiger partial charge is 0.173 e. The highest BCUT2D eigenvalue weighted by molar-refractivity contribution is 5.43. The van der Waals surface area contributed by atoms with Crippen LogP contribution in [-0.2, 0) is 18.7 Å². The van der Waals surface area contributed by atoms with Gasteiger partial charge >= 0.3 is 0 Å². The zero-order valence-electron chi connectivity index (χ0n) is 20.1. The number of para-hydroxylation sites is 1. The minimum absolute atomic E-state index is 0.495. The van der Waals surface area contributed by atoms with Crippen molar-refractivity contribution in [1.82, 2.24) is 4.90 Å². The second kappa shape index (κ2) is 10.7. The molecule has 34 heavy (non-hydrogen) atoms. The lowest BCUT2D eigenvalue weighted by molar-refractivity contribution is 0.0948. The molecule has 1 heterocycles. The van der Waals surface area contributed by atoms with Gasteiger partial charge in [0.1, 0.15) is 17.3 Å². The summed E-state index contributed by atoms with van der Waals surface area (Å²) in [5.41, 5.74) is 1.32. The largest absolute Gasteiger partial charge is 0.496 e. The summed E-state index contributed by atoms with van der Waals surface area (Å²) >= 11 is 0. The van der Waals surface area contributed by atoms with Gasteiger partial charge < -0.3 is 14.3 Å². The molecule has 1 aromatic heterocycles. The van der Waals surface area contributed by atoms with Crippen LogP contribution in [0.3, 0.4) is 0 Å². The Morgan fingerprint density at radius 1 is 0.794 bits per heavy atom. The van der Waals surface area contributed by atoms with E-state index in [1.165, 1.54) is 0 Å². The maximum Gasteiger partial charge on any atom is 0.173 e. The number of aliphatic hydroxyl groups is 1. The van der Waals surface area contributed by atoms with Gasteiger partial charge in [-0.05, 0) is 35.2 Å². The summed E-state index contributed by atoms with van der Waals surface area (Å²) in [4.78, 5) is 2.36. The van der Waals surface area contributed by atoms with Crippen LogP contribution in [0.2, 0.25) is 0 Å². The van der Waals surface area contributed by atoms with Crippen molar-refractivity contribution in [1.29, 1.82) is 0 Å². The Morgan fingerprint density at radius 3 is 1.97 bits per heavy atom. The van der Waals surface area contributed by atoms with Gasteiger partial charge in [-0.3, -0.25) is 4.90 Å². The molecule has 0 saturated heterocycles. The number of methoxy groups -OCH3 is 1. The van der Waals surface area contributed by atoms with Gasteiger partial charge in [0.25, 0.3) is 0 Å². The Balaban J connectivity index is 1.64. The summed E-state index contributed by atoms with van der Waals surface area (Å²) in [6, 6.07) is 31.4. The minimum Gasteiger partial charge on any atom is -0.496 e. The number of hydrogen-bond donors (Lipinski definition) is 1.